The van der Waals surface area contributed by atoms with Crippen LogP contribution in [0.2, 0.25) is 0 Å². The van der Waals surface area contributed by atoms with Gasteiger partial charge in [-0.2, -0.15) is 0 Å². The van der Waals surface area contributed by atoms with Crippen molar-refractivity contribution in [2.45, 2.75) is 11.8 Å². The van der Waals surface area contributed by atoms with Crippen LogP contribution in [-0.2, 0) is 10.0 Å². The fraction of sp³-hybridized carbons (Fsp3) is 0.0476. The number of aromatic nitrogens is 2. The molecule has 0 amide bonds. The molecule has 0 aliphatic heterocycles. The molecule has 0 aliphatic carbocycles. The van der Waals surface area contributed by atoms with Crippen molar-refractivity contribution >= 4 is 32.4 Å². The Balaban J connectivity index is 1.89. The summed E-state index contributed by atoms with van der Waals surface area (Å²) < 4.78 is 23.9. The molecule has 0 fully saturated rings. The minimum Gasteiger partial charge on any atom is -0.338 e. The van der Waals surface area contributed by atoms with E-state index < -0.39 is 10.0 Å². The van der Waals surface area contributed by atoms with Crippen LogP contribution in [0.15, 0.2) is 77.7 Å². The first kappa shape index (κ1) is 18.1. The number of rotatable bonds is 4. The van der Waals surface area contributed by atoms with E-state index in [0.29, 0.717) is 17.3 Å². The van der Waals surface area contributed by atoms with Gasteiger partial charge in [-0.1, -0.05) is 54.1 Å². The van der Waals surface area contributed by atoms with Gasteiger partial charge in [-0.05, 0) is 31.2 Å². The third-order valence-corrected chi connectivity index (χ3v) is 5.33. The zero-order chi connectivity index (χ0) is 19.7. The van der Waals surface area contributed by atoms with Gasteiger partial charge in [0.05, 0.1) is 11.2 Å². The topological polar surface area (TPSA) is 98.0 Å². The Hall–Kier alpha value is -3.29. The fourth-order valence-electron chi connectivity index (χ4n) is 2.95. The summed E-state index contributed by atoms with van der Waals surface area (Å²) in [6.45, 7) is 2.02. The number of nitrogens with two attached hydrogens (primary N) is 1. The minimum absolute atomic E-state index is 0.00887. The van der Waals surface area contributed by atoms with E-state index in [1.807, 2.05) is 55.5 Å². The van der Waals surface area contributed by atoms with Crippen molar-refractivity contribution < 1.29 is 8.42 Å². The first-order valence-corrected chi connectivity index (χ1v) is 10.2. The molecule has 28 heavy (non-hydrogen) atoms. The Kier molecular flexibility index (Phi) is 4.54. The number of fused-ring (bicyclic) bond motifs is 1. The molecule has 1 aromatic heterocycles. The molecule has 4 rings (SSSR count). The first-order chi connectivity index (χ1) is 13.4. The molecule has 1 heterocycles. The molecule has 0 aliphatic rings. The molecule has 0 bridgehead atoms. The number of primary sulfonamides is 1. The van der Waals surface area contributed by atoms with E-state index in [2.05, 4.69) is 15.3 Å². The third-order valence-electron chi connectivity index (χ3n) is 4.36. The van der Waals surface area contributed by atoms with Gasteiger partial charge in [0.2, 0.25) is 10.0 Å². The molecule has 0 atom stereocenters. The highest BCUT2D eigenvalue weighted by atomic mass is 32.2. The molecular formula is C21H18N4O2S. The smallest absolute Gasteiger partial charge is 0.240 e. The normalized spacial score (nSPS) is 11.5. The highest BCUT2D eigenvalue weighted by Crippen LogP contribution is 2.29. The maximum absolute atomic E-state index is 11.9. The van der Waals surface area contributed by atoms with Gasteiger partial charge in [-0.3, -0.25) is 0 Å². The molecule has 0 saturated heterocycles. The number of benzene rings is 3. The lowest BCUT2D eigenvalue weighted by Crippen LogP contribution is -2.14. The number of anilines is 2. The average molecular weight is 390 g/mol. The number of sulfonamides is 1. The molecule has 7 heteroatoms. The van der Waals surface area contributed by atoms with Crippen molar-refractivity contribution in [3.63, 3.8) is 0 Å². The molecule has 6 nitrogen and oxygen atoms in total. The van der Waals surface area contributed by atoms with Crippen molar-refractivity contribution in [2.24, 2.45) is 5.14 Å². The molecule has 0 radical (unpaired) electrons. The first-order valence-electron chi connectivity index (χ1n) is 8.64. The summed E-state index contributed by atoms with van der Waals surface area (Å²) in [5.74, 6) is 1.06. The van der Waals surface area contributed by atoms with Crippen molar-refractivity contribution in [3.8, 4) is 11.4 Å². The van der Waals surface area contributed by atoms with E-state index in [0.717, 1.165) is 22.0 Å². The van der Waals surface area contributed by atoms with Gasteiger partial charge in [-0.15, -0.1) is 0 Å². The van der Waals surface area contributed by atoms with E-state index in [-0.39, 0.29) is 4.90 Å². The van der Waals surface area contributed by atoms with Crippen LogP contribution >= 0.6 is 0 Å². The van der Waals surface area contributed by atoms with Crippen LogP contribution in [0.5, 0.6) is 0 Å². The van der Waals surface area contributed by atoms with Crippen LogP contribution in [0.25, 0.3) is 22.3 Å². The Bertz CT molecular complexity index is 1270. The van der Waals surface area contributed by atoms with E-state index in [1.54, 1.807) is 18.2 Å². The maximum Gasteiger partial charge on any atom is 0.240 e. The van der Waals surface area contributed by atoms with Crippen LogP contribution in [0.3, 0.4) is 0 Å². The predicted molar refractivity (Wildman–Crippen MR) is 111 cm³/mol. The van der Waals surface area contributed by atoms with E-state index >= 15 is 0 Å². The number of nitrogens with zero attached hydrogens (tertiary/aromatic N) is 2. The number of aryl methyl sites for hydroxylation is 1. The maximum atomic E-state index is 11.9. The highest BCUT2D eigenvalue weighted by Gasteiger charge is 2.16. The highest BCUT2D eigenvalue weighted by molar-refractivity contribution is 7.89. The Labute approximate surface area is 163 Å². The minimum atomic E-state index is -3.88. The second-order valence-electron chi connectivity index (χ2n) is 6.45. The van der Waals surface area contributed by atoms with Crippen LogP contribution < -0.4 is 10.5 Å². The van der Waals surface area contributed by atoms with Crippen LogP contribution in [0, 0.1) is 6.92 Å². The van der Waals surface area contributed by atoms with Gasteiger partial charge in [0.15, 0.2) is 5.82 Å². The number of para-hydroxylation sites is 2. The average Bonchev–Trinajstić information content (AvgIpc) is 2.68. The van der Waals surface area contributed by atoms with E-state index in [1.165, 1.54) is 6.07 Å². The van der Waals surface area contributed by atoms with Gasteiger partial charge in [0.25, 0.3) is 0 Å². The lowest BCUT2D eigenvalue weighted by Gasteiger charge is -2.13. The Morgan fingerprint density at radius 1 is 0.857 bits per heavy atom. The SMILES string of the molecule is Cc1ccc(-c2nc(Nc3ccccc3S(N)(=O)=O)c3ccccc3n2)cc1. The van der Waals surface area contributed by atoms with Gasteiger partial charge < -0.3 is 5.32 Å². The van der Waals surface area contributed by atoms with Crippen LogP contribution in [-0.4, -0.2) is 18.4 Å². The van der Waals surface area contributed by atoms with Crippen molar-refractivity contribution in [2.75, 3.05) is 5.32 Å². The molecule has 0 spiro atoms. The summed E-state index contributed by atoms with van der Waals surface area (Å²) in [6, 6.07) is 22.0. The lowest BCUT2D eigenvalue weighted by molar-refractivity contribution is 0.598. The summed E-state index contributed by atoms with van der Waals surface area (Å²) >= 11 is 0. The van der Waals surface area contributed by atoms with Gasteiger partial charge in [0.1, 0.15) is 10.7 Å². The second-order valence-corrected chi connectivity index (χ2v) is 7.98. The second kappa shape index (κ2) is 7.03. The number of hydrogen-bond donors (Lipinski definition) is 2. The molecule has 3 aromatic carbocycles. The zero-order valence-electron chi connectivity index (χ0n) is 15.1. The predicted octanol–water partition coefficient (Wildman–Crippen LogP) is 4.00. The fourth-order valence-corrected chi connectivity index (χ4v) is 3.64. The largest absolute Gasteiger partial charge is 0.338 e. The summed E-state index contributed by atoms with van der Waals surface area (Å²) in [5, 5.41) is 9.27. The van der Waals surface area contributed by atoms with Crippen LogP contribution in [0.1, 0.15) is 5.56 Å². The molecule has 3 N–H and O–H groups in total. The van der Waals surface area contributed by atoms with Gasteiger partial charge in [0, 0.05) is 10.9 Å². The van der Waals surface area contributed by atoms with Crippen molar-refractivity contribution in [1.82, 2.24) is 9.97 Å². The Morgan fingerprint density at radius 2 is 1.54 bits per heavy atom. The summed E-state index contributed by atoms with van der Waals surface area (Å²) in [5.41, 5.74) is 3.14. The summed E-state index contributed by atoms with van der Waals surface area (Å²) in [6.07, 6.45) is 0. The van der Waals surface area contributed by atoms with Crippen molar-refractivity contribution in [1.29, 1.82) is 0 Å². The van der Waals surface area contributed by atoms with E-state index in [9.17, 15) is 8.42 Å². The van der Waals surface area contributed by atoms with Crippen LogP contribution in [0.4, 0.5) is 11.5 Å². The molecule has 0 saturated carbocycles. The summed E-state index contributed by atoms with van der Waals surface area (Å²) in [4.78, 5) is 9.32. The third kappa shape index (κ3) is 3.58. The zero-order valence-corrected chi connectivity index (χ0v) is 15.9. The standard InChI is InChI=1S/C21H18N4O2S/c1-14-10-12-15(13-11-14)20-23-17-7-3-2-6-16(17)21(25-20)24-18-8-4-5-9-19(18)28(22,26)27/h2-13H,1H3,(H2,22,26,27)(H,23,24,25). The van der Waals surface area contributed by atoms with Gasteiger partial charge in [-0.25, -0.2) is 23.5 Å². The lowest BCUT2D eigenvalue weighted by atomic mass is 10.1. The number of nitrogens with one attached hydrogen (secondary N) is 1. The molecule has 4 aromatic rings. The molecule has 140 valence electrons. The number of hydrogen-bond acceptors (Lipinski definition) is 5. The molecule has 0 unspecified atom stereocenters. The molecular weight excluding hydrogens is 372 g/mol. The van der Waals surface area contributed by atoms with Crippen molar-refractivity contribution in [3.05, 3.63) is 78.4 Å². The monoisotopic (exact) mass is 390 g/mol. The van der Waals surface area contributed by atoms with Gasteiger partial charge >= 0.3 is 0 Å². The Morgan fingerprint density at radius 3 is 2.29 bits per heavy atom. The summed E-state index contributed by atoms with van der Waals surface area (Å²) in [7, 11) is -3.88. The quantitative estimate of drug-likeness (QED) is 0.549. The van der Waals surface area contributed by atoms with E-state index in [4.69, 9.17) is 5.14 Å².